The summed E-state index contributed by atoms with van der Waals surface area (Å²) >= 11 is 0. The Morgan fingerprint density at radius 1 is 0.212 bits per heavy atom. The minimum atomic E-state index is 0.825. The van der Waals surface area contributed by atoms with Crippen LogP contribution in [-0.4, -0.2) is 13.2 Å². The first-order chi connectivity index (χ1) is 32.8. The molecule has 0 fully saturated rings. The van der Waals surface area contributed by atoms with Crippen LogP contribution in [0.25, 0.3) is 0 Å². The SMILES string of the molecule is CCCCCCCCCCCCCCCCCCCCCCCCCCCCOc1cc(CC)cc(OCCCCCCCCCCCCCCCCCCCCCCCCCCCC)c1. The quantitative estimate of drug-likeness (QED) is 0.0606. The molecule has 0 atom stereocenters. The predicted molar refractivity (Wildman–Crippen MR) is 298 cm³/mol. The smallest absolute Gasteiger partial charge is 0.123 e. The Labute approximate surface area is 417 Å². The molecule has 0 aliphatic rings. The molecule has 0 saturated heterocycles. The second kappa shape index (κ2) is 54.8. The van der Waals surface area contributed by atoms with E-state index in [0.29, 0.717) is 0 Å². The van der Waals surface area contributed by atoms with Gasteiger partial charge in [0.05, 0.1) is 13.2 Å². The summed E-state index contributed by atoms with van der Waals surface area (Å²) in [6.45, 7) is 8.50. The van der Waals surface area contributed by atoms with E-state index in [-0.39, 0.29) is 0 Å². The first kappa shape index (κ1) is 62.8. The third kappa shape index (κ3) is 47.9. The van der Waals surface area contributed by atoms with Crippen LogP contribution >= 0.6 is 0 Å². The van der Waals surface area contributed by atoms with Crippen LogP contribution in [0, 0.1) is 0 Å². The predicted octanol–water partition coefficient (Wildman–Crippen LogP) is 23.3. The van der Waals surface area contributed by atoms with Gasteiger partial charge in [0.2, 0.25) is 0 Å². The summed E-state index contributed by atoms with van der Waals surface area (Å²) in [5.74, 6) is 1.99. The monoisotopic (exact) mass is 923 g/mol. The maximum atomic E-state index is 6.23. The zero-order chi connectivity index (χ0) is 47.2. The standard InChI is InChI=1S/C64H122O2/c1-4-7-9-11-13-15-17-19-21-23-25-27-29-31-33-35-37-39-41-43-45-47-49-51-53-55-57-65-63-59-62(6-3)60-64(61-63)66-58-56-54-52-50-48-46-44-42-40-38-36-34-32-30-28-26-24-22-20-18-16-14-12-10-8-5-2/h59-61H,4-58H2,1-3H3. The number of unbranched alkanes of at least 4 members (excludes halogenated alkanes) is 50. The van der Waals surface area contributed by atoms with Crippen molar-refractivity contribution >= 4 is 0 Å². The van der Waals surface area contributed by atoms with Crippen molar-refractivity contribution in [1.29, 1.82) is 0 Å². The summed E-state index contributed by atoms with van der Waals surface area (Å²) in [4.78, 5) is 0. The van der Waals surface area contributed by atoms with Gasteiger partial charge in [-0.1, -0.05) is 342 Å². The molecule has 0 bridgehead atoms. The van der Waals surface area contributed by atoms with Gasteiger partial charge < -0.3 is 9.47 Å². The van der Waals surface area contributed by atoms with Crippen LogP contribution in [0.15, 0.2) is 18.2 Å². The molecule has 1 aromatic rings. The van der Waals surface area contributed by atoms with Crippen LogP contribution in [0.1, 0.15) is 360 Å². The van der Waals surface area contributed by atoms with E-state index in [1.807, 2.05) is 0 Å². The van der Waals surface area contributed by atoms with Crippen LogP contribution in [-0.2, 0) is 6.42 Å². The lowest BCUT2D eigenvalue weighted by atomic mass is 10.0. The lowest BCUT2D eigenvalue weighted by Crippen LogP contribution is -2.01. The number of hydrogen-bond donors (Lipinski definition) is 0. The first-order valence-corrected chi connectivity index (χ1v) is 31.2. The van der Waals surface area contributed by atoms with Gasteiger partial charge in [0, 0.05) is 6.07 Å². The second-order valence-corrected chi connectivity index (χ2v) is 21.5. The first-order valence-electron chi connectivity index (χ1n) is 31.2. The zero-order valence-electron chi connectivity index (χ0n) is 45.9. The lowest BCUT2D eigenvalue weighted by molar-refractivity contribution is 0.289. The van der Waals surface area contributed by atoms with Crippen LogP contribution in [0.2, 0.25) is 0 Å². The molecule has 0 unspecified atom stereocenters. The van der Waals surface area contributed by atoms with E-state index in [9.17, 15) is 0 Å². The van der Waals surface area contributed by atoms with Crippen molar-refractivity contribution in [3.05, 3.63) is 23.8 Å². The summed E-state index contributed by atoms with van der Waals surface area (Å²) in [5.41, 5.74) is 1.32. The molecule has 0 spiro atoms. The molecule has 0 N–H and O–H groups in total. The van der Waals surface area contributed by atoms with Gasteiger partial charge >= 0.3 is 0 Å². The molecule has 0 aromatic heterocycles. The van der Waals surface area contributed by atoms with Crippen molar-refractivity contribution in [1.82, 2.24) is 0 Å². The molecule has 2 heteroatoms. The third-order valence-electron chi connectivity index (χ3n) is 14.9. The van der Waals surface area contributed by atoms with Gasteiger partial charge in [0.25, 0.3) is 0 Å². The van der Waals surface area contributed by atoms with Gasteiger partial charge in [-0.3, -0.25) is 0 Å². The maximum absolute atomic E-state index is 6.23. The number of ether oxygens (including phenoxy) is 2. The molecule has 1 rings (SSSR count). The van der Waals surface area contributed by atoms with E-state index in [4.69, 9.17) is 9.47 Å². The summed E-state index contributed by atoms with van der Waals surface area (Å²) in [6.07, 6.45) is 75.7. The van der Waals surface area contributed by atoms with Crippen molar-refractivity contribution in [3.8, 4) is 11.5 Å². The number of hydrogen-bond acceptors (Lipinski definition) is 2. The van der Waals surface area contributed by atoms with Gasteiger partial charge in [0.15, 0.2) is 0 Å². The Kier molecular flexibility index (Phi) is 52.1. The topological polar surface area (TPSA) is 18.5 Å². The van der Waals surface area contributed by atoms with Gasteiger partial charge in [-0.05, 0) is 37.0 Å². The molecule has 0 radical (unpaired) electrons. The van der Waals surface area contributed by atoms with Crippen molar-refractivity contribution < 1.29 is 9.47 Å². The summed E-state index contributed by atoms with van der Waals surface area (Å²) in [6, 6.07) is 6.56. The normalized spacial score (nSPS) is 11.6. The van der Waals surface area contributed by atoms with E-state index < -0.39 is 0 Å². The van der Waals surface area contributed by atoms with E-state index in [1.165, 1.54) is 327 Å². The molecule has 66 heavy (non-hydrogen) atoms. The molecule has 0 saturated carbocycles. The second-order valence-electron chi connectivity index (χ2n) is 21.5. The van der Waals surface area contributed by atoms with Crippen LogP contribution in [0.3, 0.4) is 0 Å². The molecular weight excluding hydrogens is 801 g/mol. The summed E-state index contributed by atoms with van der Waals surface area (Å²) in [5, 5.41) is 0. The van der Waals surface area contributed by atoms with Crippen molar-refractivity contribution in [2.45, 2.75) is 361 Å². The number of benzene rings is 1. The molecular formula is C64H122O2. The highest BCUT2D eigenvalue weighted by molar-refractivity contribution is 5.38. The highest BCUT2D eigenvalue weighted by Gasteiger charge is 2.04. The van der Waals surface area contributed by atoms with Crippen LogP contribution in [0.4, 0.5) is 0 Å². The third-order valence-corrected chi connectivity index (χ3v) is 14.9. The minimum Gasteiger partial charge on any atom is -0.493 e. The molecule has 390 valence electrons. The Bertz CT molecular complexity index is 958. The van der Waals surface area contributed by atoms with E-state index >= 15 is 0 Å². The van der Waals surface area contributed by atoms with Gasteiger partial charge in [-0.2, -0.15) is 0 Å². The Morgan fingerprint density at radius 2 is 0.379 bits per heavy atom. The van der Waals surface area contributed by atoms with Gasteiger partial charge in [-0.25, -0.2) is 0 Å². The Morgan fingerprint density at radius 3 is 0.545 bits per heavy atom. The van der Waals surface area contributed by atoms with Crippen molar-refractivity contribution in [2.75, 3.05) is 13.2 Å². The molecule has 2 nitrogen and oxygen atoms in total. The average Bonchev–Trinajstić information content (AvgIpc) is 3.33. The van der Waals surface area contributed by atoms with Gasteiger partial charge in [0.1, 0.15) is 11.5 Å². The molecule has 1 aromatic carbocycles. The average molecular weight is 924 g/mol. The molecule has 0 heterocycles. The molecule has 0 aliphatic carbocycles. The number of rotatable bonds is 57. The maximum Gasteiger partial charge on any atom is 0.123 e. The van der Waals surface area contributed by atoms with E-state index in [0.717, 1.165) is 44.0 Å². The fraction of sp³-hybridized carbons (Fsp3) is 0.906. The highest BCUT2D eigenvalue weighted by atomic mass is 16.5. The highest BCUT2D eigenvalue weighted by Crippen LogP contribution is 2.25. The van der Waals surface area contributed by atoms with Crippen LogP contribution in [0.5, 0.6) is 11.5 Å². The van der Waals surface area contributed by atoms with Crippen LogP contribution < -0.4 is 9.47 Å². The zero-order valence-corrected chi connectivity index (χ0v) is 45.9. The molecule has 0 amide bonds. The lowest BCUT2D eigenvalue weighted by Gasteiger charge is -2.12. The van der Waals surface area contributed by atoms with E-state index in [2.05, 4.69) is 39.0 Å². The summed E-state index contributed by atoms with van der Waals surface area (Å²) in [7, 11) is 0. The largest absolute Gasteiger partial charge is 0.493 e. The Balaban J connectivity index is 1.83. The van der Waals surface area contributed by atoms with Gasteiger partial charge in [-0.15, -0.1) is 0 Å². The Hall–Kier alpha value is -1.18. The minimum absolute atomic E-state index is 0.825. The van der Waals surface area contributed by atoms with Crippen molar-refractivity contribution in [3.63, 3.8) is 0 Å². The fourth-order valence-corrected chi connectivity index (χ4v) is 10.2. The summed E-state index contributed by atoms with van der Waals surface area (Å²) < 4.78 is 12.5. The molecule has 0 aliphatic heterocycles. The van der Waals surface area contributed by atoms with E-state index in [1.54, 1.807) is 0 Å². The van der Waals surface area contributed by atoms with Crippen molar-refractivity contribution in [2.24, 2.45) is 0 Å². The fourth-order valence-electron chi connectivity index (χ4n) is 10.2. The number of aryl methyl sites for hydroxylation is 1.